The zero-order valence-electron chi connectivity index (χ0n) is 14.0. The number of ether oxygens (including phenoxy) is 1. The van der Waals surface area contributed by atoms with Crippen LogP contribution in [0.3, 0.4) is 0 Å². The second kappa shape index (κ2) is 7.69. The molecule has 0 amide bonds. The Morgan fingerprint density at radius 3 is 2.68 bits per heavy atom. The van der Waals surface area contributed by atoms with Crippen molar-refractivity contribution >= 4 is 28.5 Å². The third-order valence-corrected chi connectivity index (χ3v) is 4.17. The molecule has 0 spiro atoms. The predicted molar refractivity (Wildman–Crippen MR) is 93.8 cm³/mol. The molecule has 0 radical (unpaired) electrons. The zero-order valence-corrected chi connectivity index (χ0v) is 14.8. The molecule has 1 heterocycles. The standard InChI is InChI=1S/C18H12ClF4N3O2/c19-13-7-10(8-14(24)28-17(27)18(21,22)23)15(9-2-1-3-11(20)6-9)16-12(13)4-5-25-26-16/h1-7,14H,8,24H2. The Kier molecular flexibility index (Phi) is 5.48. The van der Waals surface area contributed by atoms with Gasteiger partial charge in [-0.05, 0) is 35.4 Å². The van der Waals surface area contributed by atoms with E-state index in [2.05, 4.69) is 14.9 Å². The average Bonchev–Trinajstić information content (AvgIpc) is 2.61. The van der Waals surface area contributed by atoms with E-state index in [1.807, 2.05) is 0 Å². The Hall–Kier alpha value is -2.78. The van der Waals surface area contributed by atoms with Crippen LogP contribution < -0.4 is 5.73 Å². The molecule has 10 heteroatoms. The number of alkyl halides is 3. The molecule has 5 nitrogen and oxygen atoms in total. The van der Waals surface area contributed by atoms with Gasteiger partial charge in [0.2, 0.25) is 0 Å². The average molecular weight is 414 g/mol. The smallest absolute Gasteiger partial charge is 0.440 e. The van der Waals surface area contributed by atoms with Gasteiger partial charge in [0, 0.05) is 17.4 Å². The summed E-state index contributed by atoms with van der Waals surface area (Å²) >= 11 is 6.24. The van der Waals surface area contributed by atoms with Gasteiger partial charge < -0.3 is 4.74 Å². The summed E-state index contributed by atoms with van der Waals surface area (Å²) in [5, 5.41) is 8.59. The number of esters is 1. The summed E-state index contributed by atoms with van der Waals surface area (Å²) in [4.78, 5) is 11.0. The second-order valence-corrected chi connectivity index (χ2v) is 6.25. The molecule has 0 saturated heterocycles. The summed E-state index contributed by atoms with van der Waals surface area (Å²) in [6, 6.07) is 8.60. The van der Waals surface area contributed by atoms with E-state index >= 15 is 0 Å². The molecular formula is C18H12ClF4N3O2. The van der Waals surface area contributed by atoms with Crippen LogP contribution in [0.15, 0.2) is 42.6 Å². The van der Waals surface area contributed by atoms with E-state index in [0.717, 1.165) is 0 Å². The topological polar surface area (TPSA) is 78.1 Å². The number of fused-ring (bicyclic) bond motifs is 1. The van der Waals surface area contributed by atoms with Crippen LogP contribution in [-0.2, 0) is 16.0 Å². The molecule has 3 rings (SSSR count). The van der Waals surface area contributed by atoms with Gasteiger partial charge in [0.1, 0.15) is 11.3 Å². The number of rotatable bonds is 4. The van der Waals surface area contributed by atoms with E-state index in [1.165, 1.54) is 30.5 Å². The van der Waals surface area contributed by atoms with E-state index < -0.39 is 24.2 Å². The number of halogens is 5. The van der Waals surface area contributed by atoms with Crippen molar-refractivity contribution in [2.75, 3.05) is 0 Å². The molecule has 1 atom stereocenters. The highest BCUT2D eigenvalue weighted by Crippen LogP contribution is 2.36. The SMILES string of the molecule is NC(Cc1cc(Cl)c2ccnnc2c1-c1cccc(F)c1)OC(=O)C(F)(F)F. The van der Waals surface area contributed by atoms with Crippen molar-refractivity contribution in [3.8, 4) is 11.1 Å². The van der Waals surface area contributed by atoms with Crippen molar-refractivity contribution in [1.82, 2.24) is 10.2 Å². The number of hydrogen-bond acceptors (Lipinski definition) is 5. The number of hydrogen-bond donors (Lipinski definition) is 1. The molecule has 1 aromatic heterocycles. The monoisotopic (exact) mass is 413 g/mol. The lowest BCUT2D eigenvalue weighted by atomic mass is 9.94. The van der Waals surface area contributed by atoms with Crippen molar-refractivity contribution in [2.24, 2.45) is 5.73 Å². The molecule has 146 valence electrons. The lowest BCUT2D eigenvalue weighted by molar-refractivity contribution is -0.204. The van der Waals surface area contributed by atoms with Crippen molar-refractivity contribution in [3.63, 3.8) is 0 Å². The first-order valence-corrected chi connectivity index (χ1v) is 8.26. The summed E-state index contributed by atoms with van der Waals surface area (Å²) in [6.07, 6.45) is -5.66. The second-order valence-electron chi connectivity index (χ2n) is 5.84. The number of benzene rings is 2. The van der Waals surface area contributed by atoms with Gasteiger partial charge in [-0.3, -0.25) is 5.73 Å². The van der Waals surface area contributed by atoms with Gasteiger partial charge in [0.05, 0.1) is 11.2 Å². The molecule has 0 bridgehead atoms. The Labute approximate surface area is 161 Å². The van der Waals surface area contributed by atoms with Gasteiger partial charge >= 0.3 is 12.1 Å². The maximum atomic E-state index is 13.7. The van der Waals surface area contributed by atoms with Crippen molar-refractivity contribution in [2.45, 2.75) is 18.8 Å². The summed E-state index contributed by atoms with van der Waals surface area (Å²) in [7, 11) is 0. The van der Waals surface area contributed by atoms with E-state index in [9.17, 15) is 22.4 Å². The fraction of sp³-hybridized carbons (Fsp3) is 0.167. The van der Waals surface area contributed by atoms with Crippen LogP contribution in [0, 0.1) is 5.82 Å². The van der Waals surface area contributed by atoms with E-state index in [4.69, 9.17) is 17.3 Å². The van der Waals surface area contributed by atoms with E-state index in [0.29, 0.717) is 27.6 Å². The molecule has 0 saturated carbocycles. The number of carbonyl (C=O) groups excluding carboxylic acids is 1. The Balaban J connectivity index is 2.09. The van der Waals surface area contributed by atoms with Gasteiger partial charge in [-0.15, -0.1) is 5.10 Å². The highest BCUT2D eigenvalue weighted by molar-refractivity contribution is 6.36. The minimum absolute atomic E-state index is 0.245. The first kappa shape index (κ1) is 20.0. The zero-order chi connectivity index (χ0) is 20.5. The van der Waals surface area contributed by atoms with Crippen LogP contribution >= 0.6 is 11.6 Å². The van der Waals surface area contributed by atoms with Crippen LogP contribution in [0.5, 0.6) is 0 Å². The van der Waals surface area contributed by atoms with Gasteiger partial charge in [0.25, 0.3) is 0 Å². The van der Waals surface area contributed by atoms with Crippen molar-refractivity contribution in [1.29, 1.82) is 0 Å². The molecule has 0 aliphatic carbocycles. The summed E-state index contributed by atoms with van der Waals surface area (Å²) in [5.41, 5.74) is 6.99. The molecule has 2 aromatic carbocycles. The number of carbonyl (C=O) groups is 1. The molecule has 1 unspecified atom stereocenters. The van der Waals surface area contributed by atoms with Crippen LogP contribution in [0.1, 0.15) is 5.56 Å². The molecular weight excluding hydrogens is 402 g/mol. The predicted octanol–water partition coefficient (Wildman–Crippen LogP) is 4.02. The molecule has 0 aliphatic rings. The van der Waals surface area contributed by atoms with Gasteiger partial charge in [0.15, 0.2) is 6.23 Å². The molecule has 0 fully saturated rings. The summed E-state index contributed by atoms with van der Waals surface area (Å²) in [5.74, 6) is -2.93. The minimum Gasteiger partial charge on any atom is -0.440 e. The lowest BCUT2D eigenvalue weighted by Gasteiger charge is -2.18. The minimum atomic E-state index is -5.17. The first-order chi connectivity index (χ1) is 13.2. The fourth-order valence-corrected chi connectivity index (χ4v) is 3.04. The highest BCUT2D eigenvalue weighted by atomic mass is 35.5. The van der Waals surface area contributed by atoms with Crippen molar-refractivity contribution < 1.29 is 27.1 Å². The molecule has 2 N–H and O–H groups in total. The third-order valence-electron chi connectivity index (χ3n) is 3.86. The largest absolute Gasteiger partial charge is 0.490 e. The molecule has 28 heavy (non-hydrogen) atoms. The van der Waals surface area contributed by atoms with E-state index in [-0.39, 0.29) is 11.4 Å². The molecule has 0 aliphatic heterocycles. The Bertz CT molecular complexity index is 1040. The lowest BCUT2D eigenvalue weighted by Crippen LogP contribution is -2.36. The van der Waals surface area contributed by atoms with Crippen molar-refractivity contribution in [3.05, 3.63) is 59.0 Å². The van der Waals surface area contributed by atoms with Crippen LogP contribution in [0.25, 0.3) is 22.0 Å². The van der Waals surface area contributed by atoms with Gasteiger partial charge in [-0.1, -0.05) is 23.7 Å². The summed E-state index contributed by atoms with van der Waals surface area (Å²) < 4.78 is 55.2. The highest BCUT2D eigenvalue weighted by Gasteiger charge is 2.42. The normalized spacial score (nSPS) is 12.8. The van der Waals surface area contributed by atoms with Crippen LogP contribution in [0.4, 0.5) is 17.6 Å². The molecule has 3 aromatic rings. The maximum Gasteiger partial charge on any atom is 0.490 e. The van der Waals surface area contributed by atoms with Crippen LogP contribution in [0.2, 0.25) is 5.02 Å². The third kappa shape index (κ3) is 4.20. The fourth-order valence-electron chi connectivity index (χ4n) is 2.75. The quantitative estimate of drug-likeness (QED) is 0.397. The van der Waals surface area contributed by atoms with Gasteiger partial charge in [-0.25, -0.2) is 9.18 Å². The first-order valence-electron chi connectivity index (χ1n) is 7.89. The van der Waals surface area contributed by atoms with Gasteiger partial charge in [-0.2, -0.15) is 18.3 Å². The number of aromatic nitrogens is 2. The Morgan fingerprint density at radius 2 is 2.00 bits per heavy atom. The maximum absolute atomic E-state index is 13.7. The number of nitrogens with zero attached hydrogens (tertiary/aromatic N) is 2. The Morgan fingerprint density at radius 1 is 1.25 bits per heavy atom. The number of nitrogens with two attached hydrogens (primary N) is 1. The van der Waals surface area contributed by atoms with E-state index in [1.54, 1.807) is 12.1 Å². The summed E-state index contributed by atoms with van der Waals surface area (Å²) in [6.45, 7) is 0. The van der Waals surface area contributed by atoms with Crippen LogP contribution in [-0.4, -0.2) is 28.6 Å².